The molecule has 0 aliphatic carbocycles. The van der Waals surface area contributed by atoms with Crippen molar-refractivity contribution in [1.29, 1.82) is 0 Å². The van der Waals surface area contributed by atoms with E-state index in [1.165, 1.54) is 0 Å². The summed E-state index contributed by atoms with van der Waals surface area (Å²) >= 11 is 0. The second-order valence-corrected chi connectivity index (χ2v) is 3.42. The molecule has 0 radical (unpaired) electrons. The molecule has 2 rings (SSSR count). The summed E-state index contributed by atoms with van der Waals surface area (Å²) in [6.45, 7) is 2.64. The lowest BCUT2D eigenvalue weighted by Gasteiger charge is -2.06. The number of hydrogen-bond donors (Lipinski definition) is 3. The number of nitrogen functional groups attached to an aromatic ring is 1. The van der Waals surface area contributed by atoms with Crippen molar-refractivity contribution in [3.8, 4) is 0 Å². The van der Waals surface area contributed by atoms with Gasteiger partial charge in [-0.2, -0.15) is 0 Å². The molecule has 4 N–H and O–H groups in total. The van der Waals surface area contributed by atoms with Crippen LogP contribution in [0.1, 0.15) is 11.4 Å². The molecule has 0 amide bonds. The Kier molecular flexibility index (Phi) is 2.58. The second kappa shape index (κ2) is 4.04. The number of hydrogen-bond acceptors (Lipinski definition) is 3. The average Bonchev–Trinajstić information content (AvgIpc) is 2.73. The highest BCUT2D eigenvalue weighted by Crippen LogP contribution is 2.12. The summed E-state index contributed by atoms with van der Waals surface area (Å²) in [6.07, 6.45) is 1.90. The maximum absolute atomic E-state index is 5.68. The number of nitrogens with one attached hydrogen (secondary N) is 2. The molecule has 4 nitrogen and oxygen atoms in total. The third-order valence-electron chi connectivity index (χ3n) is 2.25. The fourth-order valence-electron chi connectivity index (χ4n) is 1.33. The Morgan fingerprint density at radius 2 is 2.27 bits per heavy atom. The first-order valence-electron chi connectivity index (χ1n) is 4.85. The molecule has 15 heavy (non-hydrogen) atoms. The van der Waals surface area contributed by atoms with Gasteiger partial charge in [0.2, 0.25) is 0 Å². The van der Waals surface area contributed by atoms with Gasteiger partial charge in [-0.15, -0.1) is 0 Å². The van der Waals surface area contributed by atoms with Crippen LogP contribution in [-0.2, 0) is 6.54 Å². The van der Waals surface area contributed by atoms with E-state index in [-0.39, 0.29) is 0 Å². The second-order valence-electron chi connectivity index (χ2n) is 3.42. The van der Waals surface area contributed by atoms with Crippen molar-refractivity contribution >= 4 is 11.5 Å². The van der Waals surface area contributed by atoms with Crippen molar-refractivity contribution in [2.75, 3.05) is 11.1 Å². The molecule has 0 saturated carbocycles. The monoisotopic (exact) mass is 202 g/mol. The van der Waals surface area contributed by atoms with Gasteiger partial charge in [0.05, 0.1) is 17.9 Å². The van der Waals surface area contributed by atoms with Crippen LogP contribution in [0, 0.1) is 6.92 Å². The Morgan fingerprint density at radius 3 is 2.93 bits per heavy atom. The highest BCUT2D eigenvalue weighted by atomic mass is 15.0. The summed E-state index contributed by atoms with van der Waals surface area (Å²) in [7, 11) is 0. The lowest BCUT2D eigenvalue weighted by Crippen LogP contribution is -2.03. The van der Waals surface area contributed by atoms with Crippen LogP contribution in [0.4, 0.5) is 11.5 Å². The van der Waals surface area contributed by atoms with Gasteiger partial charge in [-0.1, -0.05) is 0 Å². The molecule has 0 aliphatic rings. The molecule has 2 aromatic heterocycles. The SMILES string of the molecule is Cc1nc(NCc2ccc[nH]2)ccc1N. The summed E-state index contributed by atoms with van der Waals surface area (Å²) in [6, 6.07) is 7.74. The van der Waals surface area contributed by atoms with E-state index in [1.807, 2.05) is 37.4 Å². The molecule has 0 spiro atoms. The average molecular weight is 202 g/mol. The molecule has 0 bridgehead atoms. The first kappa shape index (κ1) is 9.58. The van der Waals surface area contributed by atoms with Gasteiger partial charge in [-0.3, -0.25) is 0 Å². The predicted molar refractivity (Wildman–Crippen MR) is 61.5 cm³/mol. The summed E-state index contributed by atoms with van der Waals surface area (Å²) in [5, 5.41) is 3.22. The molecule has 0 saturated heterocycles. The first-order valence-corrected chi connectivity index (χ1v) is 4.85. The number of aromatic amines is 1. The van der Waals surface area contributed by atoms with E-state index in [0.29, 0.717) is 0 Å². The van der Waals surface area contributed by atoms with Crippen LogP contribution in [0.25, 0.3) is 0 Å². The van der Waals surface area contributed by atoms with Crippen LogP contribution in [0.2, 0.25) is 0 Å². The zero-order chi connectivity index (χ0) is 10.7. The number of aryl methyl sites for hydroxylation is 1. The number of aromatic nitrogens is 2. The van der Waals surface area contributed by atoms with E-state index in [1.54, 1.807) is 0 Å². The van der Waals surface area contributed by atoms with Crippen LogP contribution in [0.3, 0.4) is 0 Å². The summed E-state index contributed by atoms with van der Waals surface area (Å²) < 4.78 is 0. The van der Waals surface area contributed by atoms with E-state index in [4.69, 9.17) is 5.73 Å². The smallest absolute Gasteiger partial charge is 0.126 e. The summed E-state index contributed by atoms with van der Waals surface area (Å²) in [4.78, 5) is 7.44. The van der Waals surface area contributed by atoms with Crippen molar-refractivity contribution < 1.29 is 0 Å². The Hall–Kier alpha value is -1.97. The van der Waals surface area contributed by atoms with Gasteiger partial charge >= 0.3 is 0 Å². The maximum atomic E-state index is 5.68. The van der Waals surface area contributed by atoms with Crippen LogP contribution >= 0.6 is 0 Å². The molecule has 0 fully saturated rings. The summed E-state index contributed by atoms with van der Waals surface area (Å²) in [5.41, 5.74) is 8.39. The number of rotatable bonds is 3. The molecular formula is C11H14N4. The van der Waals surface area contributed by atoms with Crippen molar-refractivity contribution in [3.05, 3.63) is 41.9 Å². The lowest BCUT2D eigenvalue weighted by atomic mass is 10.3. The van der Waals surface area contributed by atoms with Crippen molar-refractivity contribution in [2.45, 2.75) is 13.5 Å². The number of nitrogens with two attached hydrogens (primary N) is 1. The normalized spacial score (nSPS) is 10.2. The minimum Gasteiger partial charge on any atom is -0.397 e. The van der Waals surface area contributed by atoms with Gasteiger partial charge in [-0.25, -0.2) is 4.98 Å². The Morgan fingerprint density at radius 1 is 1.40 bits per heavy atom. The van der Waals surface area contributed by atoms with Crippen LogP contribution in [0.15, 0.2) is 30.5 Å². The Balaban J connectivity index is 2.02. The van der Waals surface area contributed by atoms with Gasteiger partial charge in [0.25, 0.3) is 0 Å². The fraction of sp³-hybridized carbons (Fsp3) is 0.182. The molecule has 2 aromatic rings. The van der Waals surface area contributed by atoms with Gasteiger partial charge in [-0.05, 0) is 31.2 Å². The first-order chi connectivity index (χ1) is 7.25. The molecule has 78 valence electrons. The molecule has 2 heterocycles. The third-order valence-corrected chi connectivity index (χ3v) is 2.25. The minimum absolute atomic E-state index is 0.723. The van der Waals surface area contributed by atoms with E-state index >= 15 is 0 Å². The number of pyridine rings is 1. The minimum atomic E-state index is 0.723. The topological polar surface area (TPSA) is 66.7 Å². The van der Waals surface area contributed by atoms with Crippen molar-refractivity contribution in [1.82, 2.24) is 9.97 Å². The van der Waals surface area contributed by atoms with Crippen LogP contribution in [-0.4, -0.2) is 9.97 Å². The van der Waals surface area contributed by atoms with E-state index in [9.17, 15) is 0 Å². The van der Waals surface area contributed by atoms with Gasteiger partial charge in [0.1, 0.15) is 5.82 Å². The molecular weight excluding hydrogens is 188 g/mol. The van der Waals surface area contributed by atoms with Crippen LogP contribution < -0.4 is 11.1 Å². The molecule has 0 aromatic carbocycles. The molecule has 0 unspecified atom stereocenters. The van der Waals surface area contributed by atoms with Gasteiger partial charge in [0.15, 0.2) is 0 Å². The number of anilines is 2. The number of H-pyrrole nitrogens is 1. The lowest BCUT2D eigenvalue weighted by molar-refractivity contribution is 1.04. The Labute approximate surface area is 88.5 Å². The van der Waals surface area contributed by atoms with Gasteiger partial charge < -0.3 is 16.0 Å². The van der Waals surface area contributed by atoms with Gasteiger partial charge in [0, 0.05) is 11.9 Å². The highest BCUT2D eigenvalue weighted by Gasteiger charge is 1.98. The third kappa shape index (κ3) is 2.28. The maximum Gasteiger partial charge on any atom is 0.126 e. The number of nitrogens with zero attached hydrogens (tertiary/aromatic N) is 1. The summed E-state index contributed by atoms with van der Waals surface area (Å²) in [5.74, 6) is 0.844. The fourth-order valence-corrected chi connectivity index (χ4v) is 1.33. The van der Waals surface area contributed by atoms with Crippen molar-refractivity contribution in [2.24, 2.45) is 0 Å². The van der Waals surface area contributed by atoms with Crippen LogP contribution in [0.5, 0.6) is 0 Å². The van der Waals surface area contributed by atoms with Crippen molar-refractivity contribution in [3.63, 3.8) is 0 Å². The van der Waals surface area contributed by atoms with E-state index in [2.05, 4.69) is 15.3 Å². The largest absolute Gasteiger partial charge is 0.397 e. The molecule has 4 heteroatoms. The zero-order valence-electron chi connectivity index (χ0n) is 8.62. The highest BCUT2D eigenvalue weighted by molar-refractivity contribution is 5.49. The molecule has 0 aliphatic heterocycles. The predicted octanol–water partition coefficient (Wildman–Crippen LogP) is 1.91. The standard InChI is InChI=1S/C11H14N4/c1-8-10(12)4-5-11(15-8)14-7-9-3-2-6-13-9/h2-6,13H,7,12H2,1H3,(H,14,15). The van der Waals surface area contributed by atoms with E-state index in [0.717, 1.165) is 29.4 Å². The van der Waals surface area contributed by atoms with E-state index < -0.39 is 0 Å². The molecule has 0 atom stereocenters. The quantitative estimate of drug-likeness (QED) is 0.712. The Bertz CT molecular complexity index is 434. The zero-order valence-corrected chi connectivity index (χ0v) is 8.62.